The molecule has 3 nitrogen and oxygen atoms in total. The van der Waals surface area contributed by atoms with Gasteiger partial charge in [-0.15, -0.1) is 0 Å². The zero-order chi connectivity index (χ0) is 13.2. The smallest absolute Gasteiger partial charge is 0.0988 e. The maximum atomic E-state index is 10.8. The molecule has 2 rings (SSSR count). The van der Waals surface area contributed by atoms with Gasteiger partial charge < -0.3 is 10.0 Å². The van der Waals surface area contributed by atoms with Crippen LogP contribution in [0.3, 0.4) is 0 Å². The van der Waals surface area contributed by atoms with Crippen LogP contribution in [0, 0.1) is 5.92 Å². The molecule has 3 atom stereocenters. The summed E-state index contributed by atoms with van der Waals surface area (Å²) in [4.78, 5) is 6.34. The van der Waals surface area contributed by atoms with Crippen LogP contribution in [0.4, 0.5) is 0 Å². The van der Waals surface area contributed by atoms with Crippen molar-refractivity contribution < 1.29 is 5.11 Å². The minimum atomic E-state index is -0.455. The largest absolute Gasteiger partial charge is 0.386 e. The van der Waals surface area contributed by atoms with Gasteiger partial charge in [0.05, 0.1) is 11.6 Å². The lowest BCUT2D eigenvalue weighted by Gasteiger charge is -2.48. The fourth-order valence-corrected chi connectivity index (χ4v) is 3.31. The molecule has 3 heteroatoms. The van der Waals surface area contributed by atoms with Gasteiger partial charge in [0, 0.05) is 18.0 Å². The Hall–Kier alpha value is -0.930. The Kier molecular flexibility index (Phi) is 4.03. The van der Waals surface area contributed by atoms with Crippen LogP contribution in [0.2, 0.25) is 0 Å². The van der Waals surface area contributed by atoms with E-state index in [1.165, 1.54) is 12.8 Å². The van der Waals surface area contributed by atoms with Gasteiger partial charge in [0.15, 0.2) is 0 Å². The molecule has 18 heavy (non-hydrogen) atoms. The molecule has 0 spiro atoms. The molecule has 1 aromatic heterocycles. The van der Waals surface area contributed by atoms with Crippen molar-refractivity contribution in [2.24, 2.45) is 5.92 Å². The Balaban J connectivity index is 2.30. The molecule has 1 aliphatic carbocycles. The van der Waals surface area contributed by atoms with E-state index in [0.29, 0.717) is 5.92 Å². The van der Waals surface area contributed by atoms with E-state index in [9.17, 15) is 5.11 Å². The summed E-state index contributed by atoms with van der Waals surface area (Å²) in [6.07, 6.45) is 7.66. The van der Waals surface area contributed by atoms with Crippen LogP contribution in [0.1, 0.15) is 44.3 Å². The molecule has 1 aromatic rings. The Labute approximate surface area is 110 Å². The summed E-state index contributed by atoms with van der Waals surface area (Å²) in [5, 5.41) is 10.8. The maximum absolute atomic E-state index is 10.8. The highest BCUT2D eigenvalue weighted by Crippen LogP contribution is 2.43. The van der Waals surface area contributed by atoms with E-state index in [0.717, 1.165) is 18.4 Å². The summed E-state index contributed by atoms with van der Waals surface area (Å²) >= 11 is 0. The third kappa shape index (κ3) is 2.43. The van der Waals surface area contributed by atoms with Gasteiger partial charge in [0.1, 0.15) is 0 Å². The van der Waals surface area contributed by atoms with Gasteiger partial charge in [-0.25, -0.2) is 0 Å². The summed E-state index contributed by atoms with van der Waals surface area (Å²) in [6.45, 7) is 2.29. The molecule has 0 aromatic carbocycles. The second-order valence-electron chi connectivity index (χ2n) is 5.89. The minimum absolute atomic E-state index is 0.138. The Morgan fingerprint density at radius 2 is 2.28 bits per heavy atom. The molecule has 0 radical (unpaired) electrons. The number of nitrogens with zero attached hydrogens (tertiary/aromatic N) is 2. The fourth-order valence-electron chi connectivity index (χ4n) is 3.31. The number of likely N-dealkylation sites (N-methyl/N-ethyl adjacent to an activating group) is 1. The molecule has 0 aliphatic heterocycles. The van der Waals surface area contributed by atoms with Crippen molar-refractivity contribution >= 4 is 0 Å². The van der Waals surface area contributed by atoms with Gasteiger partial charge in [-0.05, 0) is 38.9 Å². The Bertz CT molecular complexity index is 379. The summed E-state index contributed by atoms with van der Waals surface area (Å²) in [5.74, 6) is 0.674. The van der Waals surface area contributed by atoms with Gasteiger partial charge in [-0.3, -0.25) is 4.98 Å². The molecule has 0 amide bonds. The Morgan fingerprint density at radius 3 is 2.83 bits per heavy atom. The van der Waals surface area contributed by atoms with Crippen molar-refractivity contribution in [1.82, 2.24) is 9.88 Å². The first-order chi connectivity index (χ1) is 8.56. The van der Waals surface area contributed by atoms with Crippen molar-refractivity contribution in [3.63, 3.8) is 0 Å². The lowest BCUT2D eigenvalue weighted by molar-refractivity contribution is -0.0452. The number of aliphatic hydroxyl groups is 1. The summed E-state index contributed by atoms with van der Waals surface area (Å²) in [7, 11) is 4.16. The Morgan fingerprint density at radius 1 is 1.50 bits per heavy atom. The zero-order valence-electron chi connectivity index (χ0n) is 11.6. The molecule has 1 fully saturated rings. The quantitative estimate of drug-likeness (QED) is 0.893. The van der Waals surface area contributed by atoms with Crippen LogP contribution in [-0.2, 0) is 0 Å². The van der Waals surface area contributed by atoms with E-state index < -0.39 is 6.10 Å². The number of aliphatic hydroxyl groups excluding tert-OH is 1. The molecular weight excluding hydrogens is 224 g/mol. The predicted octanol–water partition coefficient (Wildman–Crippen LogP) is 2.63. The lowest BCUT2D eigenvalue weighted by Crippen LogP contribution is -2.52. The first-order valence-corrected chi connectivity index (χ1v) is 6.81. The van der Waals surface area contributed by atoms with E-state index in [2.05, 4.69) is 30.9 Å². The number of aromatic nitrogens is 1. The standard InChI is InChI=1S/C15H24N2O/c1-12-6-4-8-15(10-12,17(2)3)14(18)13-7-5-9-16-11-13/h5,7,9,11-12,14,18H,4,6,8,10H2,1-3H3. The molecule has 100 valence electrons. The molecule has 0 saturated heterocycles. The van der Waals surface area contributed by atoms with Gasteiger partial charge >= 0.3 is 0 Å². The molecular formula is C15H24N2O. The monoisotopic (exact) mass is 248 g/mol. The fraction of sp³-hybridized carbons (Fsp3) is 0.667. The van der Waals surface area contributed by atoms with E-state index >= 15 is 0 Å². The number of rotatable bonds is 3. The van der Waals surface area contributed by atoms with Crippen LogP contribution in [-0.4, -0.2) is 34.6 Å². The first-order valence-electron chi connectivity index (χ1n) is 6.81. The lowest BCUT2D eigenvalue weighted by atomic mass is 9.71. The summed E-state index contributed by atoms with van der Waals surface area (Å²) < 4.78 is 0. The normalized spacial score (nSPS) is 30.4. The van der Waals surface area contributed by atoms with Gasteiger partial charge in [-0.1, -0.05) is 25.8 Å². The third-order valence-corrected chi connectivity index (χ3v) is 4.41. The highest BCUT2D eigenvalue weighted by atomic mass is 16.3. The zero-order valence-corrected chi connectivity index (χ0v) is 11.6. The number of pyridine rings is 1. The van der Waals surface area contributed by atoms with Gasteiger partial charge in [-0.2, -0.15) is 0 Å². The second-order valence-corrected chi connectivity index (χ2v) is 5.89. The molecule has 3 unspecified atom stereocenters. The number of hydrogen-bond acceptors (Lipinski definition) is 3. The highest BCUT2D eigenvalue weighted by molar-refractivity contribution is 5.18. The van der Waals surface area contributed by atoms with Crippen LogP contribution in [0.25, 0.3) is 0 Å². The molecule has 1 N–H and O–H groups in total. The second kappa shape index (κ2) is 5.37. The predicted molar refractivity (Wildman–Crippen MR) is 73.2 cm³/mol. The average molecular weight is 248 g/mol. The van der Waals surface area contributed by atoms with Crippen LogP contribution in [0.5, 0.6) is 0 Å². The van der Waals surface area contributed by atoms with Crippen molar-refractivity contribution in [3.8, 4) is 0 Å². The average Bonchev–Trinajstić information content (AvgIpc) is 2.38. The van der Waals surface area contributed by atoms with E-state index in [4.69, 9.17) is 0 Å². The van der Waals surface area contributed by atoms with Crippen molar-refractivity contribution in [3.05, 3.63) is 30.1 Å². The van der Waals surface area contributed by atoms with Crippen molar-refractivity contribution in [2.45, 2.75) is 44.2 Å². The maximum Gasteiger partial charge on any atom is 0.0988 e. The molecule has 1 saturated carbocycles. The van der Waals surface area contributed by atoms with Crippen LogP contribution >= 0.6 is 0 Å². The third-order valence-electron chi connectivity index (χ3n) is 4.41. The van der Waals surface area contributed by atoms with E-state index in [1.54, 1.807) is 12.4 Å². The highest BCUT2D eigenvalue weighted by Gasteiger charge is 2.43. The molecule has 1 aliphatic rings. The van der Waals surface area contributed by atoms with Crippen LogP contribution < -0.4 is 0 Å². The number of hydrogen-bond donors (Lipinski definition) is 1. The minimum Gasteiger partial charge on any atom is -0.386 e. The molecule has 1 heterocycles. The SMILES string of the molecule is CC1CCCC(C(O)c2cccnc2)(N(C)C)C1. The van der Waals surface area contributed by atoms with Crippen LogP contribution in [0.15, 0.2) is 24.5 Å². The van der Waals surface area contributed by atoms with E-state index in [-0.39, 0.29) is 5.54 Å². The topological polar surface area (TPSA) is 36.4 Å². The summed E-state index contributed by atoms with van der Waals surface area (Å²) in [5.41, 5.74) is 0.793. The van der Waals surface area contributed by atoms with Crippen molar-refractivity contribution in [2.75, 3.05) is 14.1 Å². The first kappa shape index (κ1) is 13.5. The van der Waals surface area contributed by atoms with E-state index in [1.807, 2.05) is 12.1 Å². The molecule has 0 bridgehead atoms. The van der Waals surface area contributed by atoms with Gasteiger partial charge in [0.2, 0.25) is 0 Å². The van der Waals surface area contributed by atoms with Gasteiger partial charge in [0.25, 0.3) is 0 Å². The summed E-state index contributed by atoms with van der Waals surface area (Å²) in [6, 6.07) is 3.87. The van der Waals surface area contributed by atoms with Crippen molar-refractivity contribution in [1.29, 1.82) is 0 Å².